The number of hydrogen-bond donors (Lipinski definition) is 0. The lowest BCUT2D eigenvalue weighted by molar-refractivity contribution is 0.181. The van der Waals surface area contributed by atoms with E-state index in [0.717, 1.165) is 12.0 Å². The Morgan fingerprint density at radius 2 is 1.63 bits per heavy atom. The van der Waals surface area contributed by atoms with Gasteiger partial charge in [-0.05, 0) is 17.5 Å². The number of benzene rings is 2. The van der Waals surface area contributed by atoms with Crippen molar-refractivity contribution >= 4 is 6.21 Å². The zero-order chi connectivity index (χ0) is 13.3. The molecule has 2 rings (SSSR count). The molecule has 0 bridgehead atoms. The van der Waals surface area contributed by atoms with Crippen LogP contribution in [-0.4, -0.2) is 26.0 Å². The second kappa shape index (κ2) is 7.49. The van der Waals surface area contributed by atoms with E-state index in [1.807, 2.05) is 30.5 Å². The van der Waals surface area contributed by atoms with Crippen molar-refractivity contribution in [3.8, 4) is 0 Å². The molecule has 2 heteroatoms. The minimum absolute atomic E-state index is 0.160. The number of rotatable bonds is 6. The van der Waals surface area contributed by atoms with Gasteiger partial charge in [0.05, 0.1) is 12.6 Å². The molecule has 98 valence electrons. The van der Waals surface area contributed by atoms with Gasteiger partial charge in [0.2, 0.25) is 0 Å². The molecule has 0 aliphatic heterocycles. The third-order valence-corrected chi connectivity index (χ3v) is 2.91. The molecule has 0 amide bonds. The normalized spacial score (nSPS) is 12.7. The first-order valence-electron chi connectivity index (χ1n) is 6.49. The summed E-state index contributed by atoms with van der Waals surface area (Å²) < 4.78 is 5.25. The largest absolute Gasteiger partial charge is 0.382 e. The number of nitrogens with zero attached hydrogens (tertiary/aromatic N) is 1. The van der Waals surface area contributed by atoms with E-state index < -0.39 is 0 Å². The fraction of sp³-hybridized carbons (Fsp3) is 0.235. The van der Waals surface area contributed by atoms with Gasteiger partial charge in [0, 0.05) is 13.3 Å². The predicted molar refractivity (Wildman–Crippen MR) is 79.8 cm³/mol. The first-order valence-corrected chi connectivity index (χ1v) is 6.49. The maximum absolute atomic E-state index is 5.25. The molecule has 0 fully saturated rings. The van der Waals surface area contributed by atoms with Crippen LogP contribution in [0.5, 0.6) is 0 Å². The fourth-order valence-electron chi connectivity index (χ4n) is 1.96. The molecule has 19 heavy (non-hydrogen) atoms. The first kappa shape index (κ1) is 13.5. The van der Waals surface area contributed by atoms with Crippen molar-refractivity contribution in [3.05, 3.63) is 71.8 Å². The zero-order valence-electron chi connectivity index (χ0n) is 11.2. The smallest absolute Gasteiger partial charge is 0.0773 e. The molecule has 2 nitrogen and oxygen atoms in total. The molecule has 0 radical (unpaired) electrons. The summed E-state index contributed by atoms with van der Waals surface area (Å²) in [5, 5.41) is 0. The number of hydrogen-bond acceptors (Lipinski definition) is 2. The van der Waals surface area contributed by atoms with Crippen LogP contribution in [0.3, 0.4) is 0 Å². The number of methoxy groups -OCH3 is 1. The van der Waals surface area contributed by atoms with Crippen molar-refractivity contribution in [2.75, 3.05) is 13.7 Å². The van der Waals surface area contributed by atoms with Gasteiger partial charge in [-0.3, -0.25) is 4.99 Å². The Morgan fingerprint density at radius 3 is 2.26 bits per heavy atom. The maximum atomic E-state index is 5.25. The van der Waals surface area contributed by atoms with Gasteiger partial charge in [-0.1, -0.05) is 60.7 Å². The number of ether oxygens (including phenoxy) is 1. The molecule has 0 heterocycles. The highest BCUT2D eigenvalue weighted by atomic mass is 16.5. The quantitative estimate of drug-likeness (QED) is 0.723. The van der Waals surface area contributed by atoms with Crippen molar-refractivity contribution in [1.82, 2.24) is 0 Å². The SMILES string of the molecule is COCC(Cc1ccccc1)N=Cc1ccccc1. The van der Waals surface area contributed by atoms with Crippen molar-refractivity contribution in [3.63, 3.8) is 0 Å². The Labute approximate surface area is 114 Å². The number of aliphatic imine (C=N–C) groups is 1. The van der Waals surface area contributed by atoms with Crippen LogP contribution in [0.4, 0.5) is 0 Å². The molecule has 0 N–H and O–H groups in total. The molecule has 0 aliphatic carbocycles. The third kappa shape index (κ3) is 4.68. The van der Waals surface area contributed by atoms with E-state index in [1.165, 1.54) is 5.56 Å². The average Bonchev–Trinajstić information content (AvgIpc) is 2.47. The molecule has 0 aliphatic rings. The monoisotopic (exact) mass is 253 g/mol. The fourth-order valence-corrected chi connectivity index (χ4v) is 1.96. The van der Waals surface area contributed by atoms with Crippen LogP contribution >= 0.6 is 0 Å². The van der Waals surface area contributed by atoms with Crippen LogP contribution in [0.2, 0.25) is 0 Å². The highest BCUT2D eigenvalue weighted by molar-refractivity contribution is 5.79. The summed E-state index contributed by atoms with van der Waals surface area (Å²) in [6.45, 7) is 0.637. The van der Waals surface area contributed by atoms with Crippen LogP contribution in [0.15, 0.2) is 65.7 Å². The van der Waals surface area contributed by atoms with Gasteiger partial charge in [-0.15, -0.1) is 0 Å². The summed E-state index contributed by atoms with van der Waals surface area (Å²) in [5.41, 5.74) is 2.41. The van der Waals surface area contributed by atoms with E-state index in [2.05, 4.69) is 41.4 Å². The van der Waals surface area contributed by atoms with E-state index in [1.54, 1.807) is 7.11 Å². The molecular weight excluding hydrogens is 234 g/mol. The van der Waals surface area contributed by atoms with Gasteiger partial charge >= 0.3 is 0 Å². The Bertz CT molecular complexity index is 493. The van der Waals surface area contributed by atoms with E-state index in [4.69, 9.17) is 4.74 Å². The lowest BCUT2D eigenvalue weighted by Gasteiger charge is -2.11. The Morgan fingerprint density at radius 1 is 1.00 bits per heavy atom. The van der Waals surface area contributed by atoms with Gasteiger partial charge in [0.1, 0.15) is 0 Å². The van der Waals surface area contributed by atoms with Crippen molar-refractivity contribution in [1.29, 1.82) is 0 Å². The van der Waals surface area contributed by atoms with Crippen molar-refractivity contribution in [2.45, 2.75) is 12.5 Å². The highest BCUT2D eigenvalue weighted by Crippen LogP contribution is 2.07. The summed E-state index contributed by atoms with van der Waals surface area (Å²) in [4.78, 5) is 4.63. The molecule has 0 saturated heterocycles. The van der Waals surface area contributed by atoms with Gasteiger partial charge in [0.25, 0.3) is 0 Å². The molecular formula is C17H19NO. The van der Waals surface area contributed by atoms with Gasteiger partial charge < -0.3 is 4.74 Å². The molecule has 1 unspecified atom stereocenters. The van der Waals surface area contributed by atoms with Crippen LogP contribution in [0.1, 0.15) is 11.1 Å². The summed E-state index contributed by atoms with van der Waals surface area (Å²) in [7, 11) is 1.72. The molecule has 0 saturated carbocycles. The third-order valence-electron chi connectivity index (χ3n) is 2.91. The predicted octanol–water partition coefficient (Wildman–Crippen LogP) is 3.36. The lowest BCUT2D eigenvalue weighted by atomic mass is 10.1. The maximum Gasteiger partial charge on any atom is 0.0773 e. The Kier molecular flexibility index (Phi) is 5.32. The van der Waals surface area contributed by atoms with Crippen molar-refractivity contribution < 1.29 is 4.74 Å². The minimum Gasteiger partial charge on any atom is -0.382 e. The summed E-state index contributed by atoms with van der Waals surface area (Å²) in [6.07, 6.45) is 2.82. The molecule has 2 aromatic carbocycles. The highest BCUT2D eigenvalue weighted by Gasteiger charge is 2.06. The molecule has 0 spiro atoms. The first-order chi connectivity index (χ1) is 9.38. The van der Waals surface area contributed by atoms with E-state index >= 15 is 0 Å². The molecule has 1 atom stereocenters. The van der Waals surface area contributed by atoms with Crippen molar-refractivity contribution in [2.24, 2.45) is 4.99 Å². The average molecular weight is 253 g/mol. The van der Waals surface area contributed by atoms with Gasteiger partial charge in [-0.2, -0.15) is 0 Å². The summed E-state index contributed by atoms with van der Waals surface area (Å²) in [5.74, 6) is 0. The second-order valence-electron chi connectivity index (χ2n) is 4.49. The Balaban J connectivity index is 2.02. The zero-order valence-corrected chi connectivity index (χ0v) is 11.2. The van der Waals surface area contributed by atoms with Crippen LogP contribution in [0.25, 0.3) is 0 Å². The topological polar surface area (TPSA) is 21.6 Å². The van der Waals surface area contributed by atoms with E-state index in [0.29, 0.717) is 6.61 Å². The Hall–Kier alpha value is -1.93. The summed E-state index contributed by atoms with van der Waals surface area (Å²) >= 11 is 0. The van der Waals surface area contributed by atoms with Gasteiger partial charge in [0.15, 0.2) is 0 Å². The standard InChI is InChI=1S/C17H19NO/c1-19-14-17(12-15-8-4-2-5-9-15)18-13-16-10-6-3-7-11-16/h2-11,13,17H,12,14H2,1H3. The summed E-state index contributed by atoms with van der Waals surface area (Å²) in [6, 6.07) is 20.7. The lowest BCUT2D eigenvalue weighted by Crippen LogP contribution is -2.15. The van der Waals surface area contributed by atoms with E-state index in [-0.39, 0.29) is 6.04 Å². The van der Waals surface area contributed by atoms with E-state index in [9.17, 15) is 0 Å². The van der Waals surface area contributed by atoms with Crippen LogP contribution in [0, 0.1) is 0 Å². The molecule has 0 aromatic heterocycles. The van der Waals surface area contributed by atoms with Gasteiger partial charge in [-0.25, -0.2) is 0 Å². The molecule has 2 aromatic rings. The van der Waals surface area contributed by atoms with Crippen LogP contribution in [-0.2, 0) is 11.2 Å². The minimum atomic E-state index is 0.160. The second-order valence-corrected chi connectivity index (χ2v) is 4.49. The van der Waals surface area contributed by atoms with Crippen LogP contribution < -0.4 is 0 Å².